The molecule has 0 spiro atoms. The van der Waals surface area contributed by atoms with Crippen LogP contribution in [0.1, 0.15) is 91.4 Å². The first kappa shape index (κ1) is 19.5. The van der Waals surface area contributed by atoms with Crippen LogP contribution in [0.2, 0.25) is 0 Å². The van der Waals surface area contributed by atoms with E-state index in [1.807, 2.05) is 0 Å². The molecule has 4 aliphatic rings. The monoisotopic (exact) mass is 374 g/mol. The van der Waals surface area contributed by atoms with Crippen LogP contribution in [0.3, 0.4) is 0 Å². The molecule has 27 heavy (non-hydrogen) atoms. The van der Waals surface area contributed by atoms with E-state index in [0.29, 0.717) is 46.7 Å². The summed E-state index contributed by atoms with van der Waals surface area (Å²) in [6.07, 6.45) is 12.0. The van der Waals surface area contributed by atoms with Gasteiger partial charge in [0.25, 0.3) is 0 Å². The number of hydrogen-bond acceptors (Lipinski definition) is 2. The van der Waals surface area contributed by atoms with E-state index < -0.39 is 5.97 Å². The van der Waals surface area contributed by atoms with Crippen LogP contribution >= 0.6 is 0 Å². The van der Waals surface area contributed by atoms with Crippen LogP contribution in [0.5, 0.6) is 0 Å². The van der Waals surface area contributed by atoms with Crippen molar-refractivity contribution in [2.24, 2.45) is 46.3 Å². The van der Waals surface area contributed by atoms with Gasteiger partial charge in [-0.15, -0.1) is 0 Å². The molecular weight excluding hydrogens is 336 g/mol. The Labute approximate surface area is 164 Å². The molecule has 0 aliphatic heterocycles. The van der Waals surface area contributed by atoms with Gasteiger partial charge in [-0.1, -0.05) is 33.6 Å². The number of ketones is 1. The normalized spacial score (nSPS) is 47.7. The first-order valence-electron chi connectivity index (χ1n) is 11.5. The highest BCUT2D eigenvalue weighted by Gasteiger charge is 2.62. The molecule has 4 saturated carbocycles. The maximum atomic E-state index is 13.3. The zero-order valence-corrected chi connectivity index (χ0v) is 17.5. The van der Waals surface area contributed by atoms with Gasteiger partial charge in [0.05, 0.1) is 0 Å². The lowest BCUT2D eigenvalue weighted by Gasteiger charge is -2.60. The van der Waals surface area contributed by atoms with E-state index in [0.717, 1.165) is 12.8 Å². The van der Waals surface area contributed by atoms with E-state index >= 15 is 0 Å². The molecular formula is C24H38O3. The van der Waals surface area contributed by atoms with Gasteiger partial charge in [0, 0.05) is 18.8 Å². The predicted octanol–water partition coefficient (Wildman–Crippen LogP) is 5.72. The molecule has 0 radical (unpaired) electrons. The molecule has 7 unspecified atom stereocenters. The van der Waals surface area contributed by atoms with E-state index in [1.165, 1.54) is 51.4 Å². The molecule has 0 amide bonds. The average molecular weight is 375 g/mol. The third-order valence-corrected chi connectivity index (χ3v) is 9.96. The van der Waals surface area contributed by atoms with Crippen molar-refractivity contribution >= 4 is 11.8 Å². The molecule has 4 aliphatic carbocycles. The van der Waals surface area contributed by atoms with Gasteiger partial charge in [-0.2, -0.15) is 0 Å². The number of rotatable bonds is 4. The molecule has 3 nitrogen and oxygen atoms in total. The Kier molecular flexibility index (Phi) is 4.96. The summed E-state index contributed by atoms with van der Waals surface area (Å²) in [5.74, 6) is 3.02. The second-order valence-corrected chi connectivity index (χ2v) is 11.0. The van der Waals surface area contributed by atoms with E-state index in [1.54, 1.807) is 0 Å². The second-order valence-electron chi connectivity index (χ2n) is 11.0. The summed E-state index contributed by atoms with van der Waals surface area (Å²) in [5, 5.41) is 9.08. The minimum Gasteiger partial charge on any atom is -0.481 e. The van der Waals surface area contributed by atoms with Crippen LogP contribution in [-0.4, -0.2) is 16.9 Å². The fourth-order valence-corrected chi connectivity index (χ4v) is 8.49. The third kappa shape index (κ3) is 2.99. The Morgan fingerprint density at radius 2 is 1.81 bits per heavy atom. The van der Waals surface area contributed by atoms with E-state index in [9.17, 15) is 9.59 Å². The fourth-order valence-electron chi connectivity index (χ4n) is 8.49. The smallest absolute Gasteiger partial charge is 0.303 e. The maximum Gasteiger partial charge on any atom is 0.303 e. The number of carbonyl (C=O) groups is 2. The molecule has 8 atom stereocenters. The van der Waals surface area contributed by atoms with Crippen LogP contribution in [0.15, 0.2) is 0 Å². The number of Topliss-reactive ketones (excluding diaryl/α,β-unsaturated/α-hetero) is 1. The summed E-state index contributed by atoms with van der Waals surface area (Å²) in [4.78, 5) is 24.4. The van der Waals surface area contributed by atoms with Crippen LogP contribution < -0.4 is 0 Å². The van der Waals surface area contributed by atoms with Gasteiger partial charge in [-0.05, 0) is 85.4 Å². The molecule has 0 saturated heterocycles. The third-order valence-electron chi connectivity index (χ3n) is 9.96. The number of aliphatic carboxylic acids is 1. The SMILES string of the molecule is C[C@H](CCC(=O)O)C1CCC2C3C(=O)CC4CCCCC4(C)C3CCC21C. The van der Waals surface area contributed by atoms with Crippen molar-refractivity contribution < 1.29 is 14.7 Å². The van der Waals surface area contributed by atoms with E-state index in [4.69, 9.17) is 5.11 Å². The first-order chi connectivity index (χ1) is 12.8. The zero-order valence-electron chi connectivity index (χ0n) is 17.5. The minimum absolute atomic E-state index is 0.243. The highest BCUT2D eigenvalue weighted by atomic mass is 16.4. The van der Waals surface area contributed by atoms with Gasteiger partial charge in [-0.3, -0.25) is 9.59 Å². The minimum atomic E-state index is -0.677. The first-order valence-corrected chi connectivity index (χ1v) is 11.5. The number of carboxylic acid groups (broad SMARTS) is 1. The lowest BCUT2D eigenvalue weighted by atomic mass is 9.44. The van der Waals surface area contributed by atoms with Crippen LogP contribution in [-0.2, 0) is 9.59 Å². The molecule has 4 fully saturated rings. The molecule has 0 bridgehead atoms. The van der Waals surface area contributed by atoms with Crippen LogP contribution in [0, 0.1) is 46.3 Å². The van der Waals surface area contributed by atoms with Crippen molar-refractivity contribution in [1.29, 1.82) is 0 Å². The second kappa shape index (κ2) is 6.88. The molecule has 1 N–H and O–H groups in total. The van der Waals surface area contributed by atoms with Crippen LogP contribution in [0.25, 0.3) is 0 Å². The number of carbonyl (C=O) groups excluding carboxylic acids is 1. The average Bonchev–Trinajstić information content (AvgIpc) is 2.97. The molecule has 0 heterocycles. The standard InChI is InChI=1S/C24H38O3/c1-15(7-10-21(26)27)17-8-9-18-22-19(11-13-24(17,18)3)23(2)12-5-4-6-16(23)14-20(22)25/h15-19,22H,4-14H2,1-3H3,(H,26,27)/t15-,16?,17?,18?,19?,22?,23?,24?/m1/s1. The topological polar surface area (TPSA) is 54.4 Å². The Bertz CT molecular complexity index is 613. The molecule has 0 aromatic rings. The molecule has 4 rings (SSSR count). The summed E-state index contributed by atoms with van der Waals surface area (Å²) < 4.78 is 0. The van der Waals surface area contributed by atoms with Crippen molar-refractivity contribution in [3.05, 3.63) is 0 Å². The Morgan fingerprint density at radius 3 is 2.56 bits per heavy atom. The van der Waals surface area contributed by atoms with Gasteiger partial charge in [0.2, 0.25) is 0 Å². The van der Waals surface area contributed by atoms with E-state index in [-0.39, 0.29) is 11.8 Å². The van der Waals surface area contributed by atoms with Gasteiger partial charge in [-0.25, -0.2) is 0 Å². The lowest BCUT2D eigenvalue weighted by Crippen LogP contribution is -2.56. The van der Waals surface area contributed by atoms with Gasteiger partial charge in [0.15, 0.2) is 0 Å². The van der Waals surface area contributed by atoms with E-state index in [2.05, 4.69) is 20.8 Å². The van der Waals surface area contributed by atoms with Crippen molar-refractivity contribution in [1.82, 2.24) is 0 Å². The molecule has 3 heteroatoms. The Balaban J connectivity index is 1.57. The van der Waals surface area contributed by atoms with Crippen LogP contribution in [0.4, 0.5) is 0 Å². The van der Waals surface area contributed by atoms with Gasteiger partial charge < -0.3 is 5.11 Å². The summed E-state index contributed by atoms with van der Waals surface area (Å²) in [6.45, 7) is 7.23. The molecule has 152 valence electrons. The summed E-state index contributed by atoms with van der Waals surface area (Å²) >= 11 is 0. The molecule has 0 aromatic carbocycles. The predicted molar refractivity (Wildman–Crippen MR) is 106 cm³/mol. The Hall–Kier alpha value is -0.860. The summed E-state index contributed by atoms with van der Waals surface area (Å²) in [7, 11) is 0. The quantitative estimate of drug-likeness (QED) is 0.685. The fraction of sp³-hybridized carbons (Fsp3) is 0.917. The van der Waals surface area contributed by atoms with Gasteiger partial charge >= 0.3 is 5.97 Å². The lowest BCUT2D eigenvalue weighted by molar-refractivity contribution is -0.156. The highest BCUT2D eigenvalue weighted by molar-refractivity contribution is 5.83. The Morgan fingerprint density at radius 1 is 1.07 bits per heavy atom. The van der Waals surface area contributed by atoms with Crippen molar-refractivity contribution in [2.75, 3.05) is 0 Å². The van der Waals surface area contributed by atoms with Gasteiger partial charge in [0.1, 0.15) is 5.78 Å². The van der Waals surface area contributed by atoms with Crippen molar-refractivity contribution in [3.8, 4) is 0 Å². The number of carboxylic acids is 1. The van der Waals surface area contributed by atoms with Crippen molar-refractivity contribution in [3.63, 3.8) is 0 Å². The largest absolute Gasteiger partial charge is 0.481 e. The summed E-state index contributed by atoms with van der Waals surface area (Å²) in [6, 6.07) is 0. The number of hydrogen-bond donors (Lipinski definition) is 1. The zero-order chi connectivity index (χ0) is 19.4. The maximum absolute atomic E-state index is 13.3. The number of fused-ring (bicyclic) bond motifs is 5. The van der Waals surface area contributed by atoms with Crippen molar-refractivity contribution in [2.45, 2.75) is 91.4 Å². The summed E-state index contributed by atoms with van der Waals surface area (Å²) in [5.41, 5.74) is 0.637. The highest BCUT2D eigenvalue weighted by Crippen LogP contribution is 2.67. The molecule has 0 aromatic heterocycles.